The van der Waals surface area contributed by atoms with Gasteiger partial charge in [0, 0.05) is 0 Å². The SMILES string of the molecule is Cc1ccc(CC(=O)N[C@@H](CO)C(=O)O)cc1C. The number of amides is 1. The summed E-state index contributed by atoms with van der Waals surface area (Å²) in [5.41, 5.74) is 3.04. The molecule has 0 spiro atoms. The van der Waals surface area contributed by atoms with Crippen LogP contribution < -0.4 is 5.32 Å². The van der Waals surface area contributed by atoms with Gasteiger partial charge in [0.2, 0.25) is 5.91 Å². The fourth-order valence-electron chi connectivity index (χ4n) is 1.53. The fraction of sp³-hybridized carbons (Fsp3) is 0.385. The molecule has 1 amide bonds. The molecule has 5 heteroatoms. The second kappa shape index (κ2) is 6.16. The van der Waals surface area contributed by atoms with Crippen molar-refractivity contribution < 1.29 is 19.8 Å². The Morgan fingerprint density at radius 2 is 1.94 bits per heavy atom. The van der Waals surface area contributed by atoms with Gasteiger partial charge in [-0.1, -0.05) is 18.2 Å². The van der Waals surface area contributed by atoms with E-state index in [4.69, 9.17) is 10.2 Å². The van der Waals surface area contributed by atoms with E-state index in [-0.39, 0.29) is 6.42 Å². The van der Waals surface area contributed by atoms with Gasteiger partial charge in [-0.2, -0.15) is 0 Å². The zero-order chi connectivity index (χ0) is 13.7. The number of carbonyl (C=O) groups excluding carboxylic acids is 1. The van der Waals surface area contributed by atoms with Crippen LogP contribution in [-0.4, -0.2) is 34.7 Å². The van der Waals surface area contributed by atoms with Crippen molar-refractivity contribution in [1.82, 2.24) is 5.32 Å². The highest BCUT2D eigenvalue weighted by atomic mass is 16.4. The molecule has 0 aliphatic rings. The number of benzene rings is 1. The average Bonchev–Trinajstić information content (AvgIpc) is 2.30. The number of nitrogens with one attached hydrogen (secondary N) is 1. The van der Waals surface area contributed by atoms with Crippen LogP contribution in [0, 0.1) is 13.8 Å². The molecule has 5 nitrogen and oxygen atoms in total. The van der Waals surface area contributed by atoms with Crippen molar-refractivity contribution in [3.63, 3.8) is 0 Å². The zero-order valence-electron chi connectivity index (χ0n) is 10.4. The molecule has 0 radical (unpaired) electrons. The van der Waals surface area contributed by atoms with Gasteiger partial charge in [-0.05, 0) is 30.5 Å². The maximum absolute atomic E-state index is 11.6. The number of aliphatic hydroxyl groups excluding tert-OH is 1. The Balaban J connectivity index is 2.64. The number of aryl methyl sites for hydroxylation is 2. The molecule has 1 aromatic carbocycles. The van der Waals surface area contributed by atoms with E-state index in [0.717, 1.165) is 16.7 Å². The highest BCUT2D eigenvalue weighted by molar-refractivity contribution is 5.84. The van der Waals surface area contributed by atoms with Crippen molar-refractivity contribution in [2.75, 3.05) is 6.61 Å². The van der Waals surface area contributed by atoms with Crippen molar-refractivity contribution in [2.24, 2.45) is 0 Å². The molecule has 0 bridgehead atoms. The first-order valence-electron chi connectivity index (χ1n) is 5.63. The fourth-order valence-corrected chi connectivity index (χ4v) is 1.53. The Kier molecular flexibility index (Phi) is 4.85. The van der Waals surface area contributed by atoms with E-state index in [2.05, 4.69) is 5.32 Å². The van der Waals surface area contributed by atoms with Crippen molar-refractivity contribution in [3.05, 3.63) is 34.9 Å². The summed E-state index contributed by atoms with van der Waals surface area (Å²) < 4.78 is 0. The maximum Gasteiger partial charge on any atom is 0.328 e. The summed E-state index contributed by atoms with van der Waals surface area (Å²) in [7, 11) is 0. The van der Waals surface area contributed by atoms with Gasteiger partial charge in [-0.3, -0.25) is 4.79 Å². The third kappa shape index (κ3) is 3.85. The van der Waals surface area contributed by atoms with Crippen molar-refractivity contribution in [3.8, 4) is 0 Å². The van der Waals surface area contributed by atoms with E-state index in [9.17, 15) is 9.59 Å². The monoisotopic (exact) mass is 251 g/mol. The smallest absolute Gasteiger partial charge is 0.328 e. The highest BCUT2D eigenvalue weighted by Crippen LogP contribution is 2.10. The number of aliphatic hydroxyl groups is 1. The molecule has 3 N–H and O–H groups in total. The second-order valence-corrected chi connectivity index (χ2v) is 4.24. The lowest BCUT2D eigenvalue weighted by Crippen LogP contribution is -2.43. The summed E-state index contributed by atoms with van der Waals surface area (Å²) >= 11 is 0. The van der Waals surface area contributed by atoms with E-state index in [0.29, 0.717) is 0 Å². The average molecular weight is 251 g/mol. The van der Waals surface area contributed by atoms with Gasteiger partial charge < -0.3 is 15.5 Å². The normalized spacial score (nSPS) is 11.9. The van der Waals surface area contributed by atoms with Crippen molar-refractivity contribution >= 4 is 11.9 Å². The molecule has 0 unspecified atom stereocenters. The molecule has 18 heavy (non-hydrogen) atoms. The predicted molar refractivity (Wildman–Crippen MR) is 66.3 cm³/mol. The number of hydrogen-bond donors (Lipinski definition) is 3. The van der Waals surface area contributed by atoms with Crippen LogP contribution in [0.3, 0.4) is 0 Å². The lowest BCUT2D eigenvalue weighted by Gasteiger charge is -2.12. The van der Waals surface area contributed by atoms with Crippen LogP contribution >= 0.6 is 0 Å². The molecule has 0 aliphatic carbocycles. The first-order chi connectivity index (χ1) is 8.43. The van der Waals surface area contributed by atoms with E-state index in [1.165, 1.54) is 0 Å². The molecule has 0 aliphatic heterocycles. The summed E-state index contributed by atoms with van der Waals surface area (Å²) in [6, 6.07) is 4.39. The first kappa shape index (κ1) is 14.2. The van der Waals surface area contributed by atoms with Crippen LogP contribution in [0.1, 0.15) is 16.7 Å². The number of aliphatic carboxylic acids is 1. The van der Waals surface area contributed by atoms with Crippen molar-refractivity contribution in [1.29, 1.82) is 0 Å². The van der Waals surface area contributed by atoms with Gasteiger partial charge in [-0.15, -0.1) is 0 Å². The maximum atomic E-state index is 11.6. The lowest BCUT2D eigenvalue weighted by atomic mass is 10.0. The minimum Gasteiger partial charge on any atom is -0.480 e. The van der Waals surface area contributed by atoms with Crippen LogP contribution in [0.5, 0.6) is 0 Å². The molecule has 1 atom stereocenters. The summed E-state index contributed by atoms with van der Waals surface area (Å²) in [5.74, 6) is -1.66. The molecule has 1 rings (SSSR count). The standard InChI is InChI=1S/C13H17NO4/c1-8-3-4-10(5-9(8)2)6-12(16)14-11(7-15)13(17)18/h3-5,11,15H,6-7H2,1-2H3,(H,14,16)(H,17,18)/t11-/m0/s1. The second-order valence-electron chi connectivity index (χ2n) is 4.24. The van der Waals surface area contributed by atoms with Crippen LogP contribution in [0.4, 0.5) is 0 Å². The third-order valence-electron chi connectivity index (χ3n) is 2.75. The summed E-state index contributed by atoms with van der Waals surface area (Å²) in [6.45, 7) is 3.31. The molecule has 0 aromatic heterocycles. The van der Waals surface area contributed by atoms with E-state index in [1.54, 1.807) is 0 Å². The zero-order valence-corrected chi connectivity index (χ0v) is 10.4. The number of carboxylic acid groups (broad SMARTS) is 1. The predicted octanol–water partition coefficient (Wildman–Crippen LogP) is 0.408. The lowest BCUT2D eigenvalue weighted by molar-refractivity contribution is -0.142. The van der Waals surface area contributed by atoms with Crippen LogP contribution in [0.25, 0.3) is 0 Å². The largest absolute Gasteiger partial charge is 0.480 e. The van der Waals surface area contributed by atoms with Gasteiger partial charge in [-0.25, -0.2) is 4.79 Å². The summed E-state index contributed by atoms with van der Waals surface area (Å²) in [5, 5.41) is 19.8. The Hall–Kier alpha value is -1.88. The molecule has 0 saturated carbocycles. The molecule has 0 saturated heterocycles. The third-order valence-corrected chi connectivity index (χ3v) is 2.75. The minimum atomic E-state index is -1.25. The quantitative estimate of drug-likeness (QED) is 0.707. The Bertz CT molecular complexity index is 456. The molecule has 0 fully saturated rings. The van der Waals surface area contributed by atoms with E-state index < -0.39 is 24.5 Å². The number of hydrogen-bond acceptors (Lipinski definition) is 3. The van der Waals surface area contributed by atoms with Gasteiger partial charge in [0.1, 0.15) is 6.04 Å². The van der Waals surface area contributed by atoms with Crippen LogP contribution in [0.15, 0.2) is 18.2 Å². The van der Waals surface area contributed by atoms with Crippen molar-refractivity contribution in [2.45, 2.75) is 26.3 Å². The topological polar surface area (TPSA) is 86.6 Å². The minimum absolute atomic E-state index is 0.102. The Labute approximate surface area is 105 Å². The molecule has 1 aromatic rings. The highest BCUT2D eigenvalue weighted by Gasteiger charge is 2.18. The van der Waals surface area contributed by atoms with Gasteiger partial charge in [0.05, 0.1) is 13.0 Å². The Morgan fingerprint density at radius 1 is 1.28 bits per heavy atom. The van der Waals surface area contributed by atoms with Crippen LogP contribution in [0.2, 0.25) is 0 Å². The molecule has 0 heterocycles. The number of carboxylic acids is 1. The number of carbonyl (C=O) groups is 2. The first-order valence-corrected chi connectivity index (χ1v) is 5.63. The molecule has 98 valence electrons. The molecular formula is C13H17NO4. The molecular weight excluding hydrogens is 234 g/mol. The van der Waals surface area contributed by atoms with Gasteiger partial charge >= 0.3 is 5.97 Å². The summed E-state index contributed by atoms with van der Waals surface area (Å²) in [6.07, 6.45) is 0.102. The van der Waals surface area contributed by atoms with Gasteiger partial charge in [0.25, 0.3) is 0 Å². The van der Waals surface area contributed by atoms with E-state index >= 15 is 0 Å². The Morgan fingerprint density at radius 3 is 2.44 bits per heavy atom. The van der Waals surface area contributed by atoms with E-state index in [1.807, 2.05) is 32.0 Å². The van der Waals surface area contributed by atoms with Crippen LogP contribution in [-0.2, 0) is 16.0 Å². The summed E-state index contributed by atoms with van der Waals surface area (Å²) in [4.78, 5) is 22.2. The van der Waals surface area contributed by atoms with Gasteiger partial charge in [0.15, 0.2) is 0 Å². The number of rotatable bonds is 5.